The topological polar surface area (TPSA) is 53.9 Å². The van der Waals surface area contributed by atoms with Gasteiger partial charge in [-0.15, -0.1) is 0 Å². The smallest absolute Gasteiger partial charge is 0.309 e. The van der Waals surface area contributed by atoms with Crippen molar-refractivity contribution >= 4 is 11.9 Å². The van der Waals surface area contributed by atoms with Crippen LogP contribution in [0.15, 0.2) is 29.3 Å². The predicted octanol–water partition coefficient (Wildman–Crippen LogP) is 2.95. The minimum Gasteiger partial charge on any atom is -0.466 e. The van der Waals surface area contributed by atoms with Gasteiger partial charge in [-0.1, -0.05) is 26.0 Å². The maximum Gasteiger partial charge on any atom is 0.309 e. The zero-order valence-corrected chi connectivity index (χ0v) is 16.2. The van der Waals surface area contributed by atoms with Crippen LogP contribution in [-0.4, -0.2) is 50.1 Å². The number of esters is 1. The van der Waals surface area contributed by atoms with Gasteiger partial charge in [-0.3, -0.25) is 9.79 Å². The molecule has 0 atom stereocenters. The van der Waals surface area contributed by atoms with Crippen molar-refractivity contribution in [2.75, 3.05) is 33.3 Å². The maximum atomic E-state index is 13.1. The van der Waals surface area contributed by atoms with Crippen LogP contribution in [0.1, 0.15) is 39.2 Å². The lowest BCUT2D eigenvalue weighted by atomic mass is 9.84. The van der Waals surface area contributed by atoms with Gasteiger partial charge in [-0.25, -0.2) is 4.39 Å². The van der Waals surface area contributed by atoms with E-state index in [0.717, 1.165) is 37.5 Å². The molecule has 0 aromatic heterocycles. The number of rotatable bonds is 5. The molecule has 26 heavy (non-hydrogen) atoms. The van der Waals surface area contributed by atoms with E-state index < -0.39 is 0 Å². The van der Waals surface area contributed by atoms with Crippen LogP contribution in [0.3, 0.4) is 0 Å². The number of aliphatic imine (C=N–C) groups is 1. The molecule has 1 heterocycles. The van der Waals surface area contributed by atoms with Crippen molar-refractivity contribution in [3.05, 3.63) is 35.6 Å². The van der Waals surface area contributed by atoms with Crippen LogP contribution < -0.4 is 5.32 Å². The van der Waals surface area contributed by atoms with Crippen LogP contribution >= 0.6 is 0 Å². The van der Waals surface area contributed by atoms with Crippen LogP contribution in [0, 0.1) is 11.7 Å². The molecule has 0 unspecified atom stereocenters. The van der Waals surface area contributed by atoms with E-state index in [2.05, 4.69) is 29.1 Å². The second-order valence-electron chi connectivity index (χ2n) is 7.30. The van der Waals surface area contributed by atoms with Crippen molar-refractivity contribution in [3.8, 4) is 0 Å². The number of carbonyl (C=O) groups excluding carboxylic acids is 1. The fourth-order valence-electron chi connectivity index (χ4n) is 3.22. The number of halogens is 1. The van der Waals surface area contributed by atoms with Crippen LogP contribution in [0.25, 0.3) is 0 Å². The average Bonchev–Trinajstić information content (AvgIpc) is 2.63. The highest BCUT2D eigenvalue weighted by Crippen LogP contribution is 2.23. The maximum absolute atomic E-state index is 13.1. The molecule has 6 heteroatoms. The average molecular weight is 363 g/mol. The first-order valence-electron chi connectivity index (χ1n) is 9.25. The van der Waals surface area contributed by atoms with Gasteiger partial charge in [0, 0.05) is 32.1 Å². The van der Waals surface area contributed by atoms with Crippen LogP contribution in [-0.2, 0) is 14.9 Å². The van der Waals surface area contributed by atoms with Crippen molar-refractivity contribution in [2.24, 2.45) is 10.9 Å². The predicted molar refractivity (Wildman–Crippen MR) is 102 cm³/mol. The number of guanidine groups is 1. The summed E-state index contributed by atoms with van der Waals surface area (Å²) in [5, 5.41) is 3.43. The minimum atomic E-state index is -0.224. The zero-order chi connectivity index (χ0) is 19.2. The molecule has 0 spiro atoms. The van der Waals surface area contributed by atoms with Gasteiger partial charge in [0.15, 0.2) is 5.96 Å². The fraction of sp³-hybridized carbons (Fsp3) is 0.600. The quantitative estimate of drug-likeness (QED) is 0.496. The van der Waals surface area contributed by atoms with Gasteiger partial charge in [0.1, 0.15) is 5.82 Å². The number of benzene rings is 1. The lowest BCUT2D eigenvalue weighted by Crippen LogP contribution is -2.49. The van der Waals surface area contributed by atoms with E-state index in [1.807, 2.05) is 19.1 Å². The highest BCUT2D eigenvalue weighted by molar-refractivity contribution is 5.80. The van der Waals surface area contributed by atoms with Gasteiger partial charge in [-0.2, -0.15) is 0 Å². The molecule has 0 aliphatic carbocycles. The highest BCUT2D eigenvalue weighted by atomic mass is 19.1. The van der Waals surface area contributed by atoms with Gasteiger partial charge in [0.25, 0.3) is 0 Å². The Morgan fingerprint density at radius 1 is 1.31 bits per heavy atom. The SMILES string of the molecule is CCOC(=O)C1CCN(C(=NC)NCC(C)(C)c2ccc(F)cc2)CC1. The molecular weight excluding hydrogens is 333 g/mol. The number of ether oxygens (including phenoxy) is 1. The number of carbonyl (C=O) groups is 1. The van der Waals surface area contributed by atoms with Crippen molar-refractivity contribution in [3.63, 3.8) is 0 Å². The normalized spacial score (nSPS) is 16.5. The summed E-state index contributed by atoms with van der Waals surface area (Å²) in [6.45, 7) is 8.74. The first-order valence-corrected chi connectivity index (χ1v) is 9.25. The summed E-state index contributed by atoms with van der Waals surface area (Å²) in [5.41, 5.74) is 0.912. The van der Waals surface area contributed by atoms with E-state index >= 15 is 0 Å². The first kappa shape index (κ1) is 20.2. The lowest BCUT2D eigenvalue weighted by molar-refractivity contribution is -0.149. The van der Waals surface area contributed by atoms with E-state index in [1.165, 1.54) is 12.1 Å². The third-order valence-electron chi connectivity index (χ3n) is 4.94. The first-order chi connectivity index (χ1) is 12.4. The molecule has 2 rings (SSSR count). The van der Waals surface area contributed by atoms with E-state index in [-0.39, 0.29) is 23.1 Å². The van der Waals surface area contributed by atoms with Gasteiger partial charge in [0.05, 0.1) is 12.5 Å². The Labute approximate surface area is 155 Å². The second kappa shape index (κ2) is 9.01. The Balaban J connectivity index is 1.90. The molecule has 144 valence electrons. The molecule has 1 fully saturated rings. The minimum absolute atomic E-state index is 0.0139. The summed E-state index contributed by atoms with van der Waals surface area (Å²) in [5.74, 6) is 0.507. The molecule has 0 saturated carbocycles. The number of piperidine rings is 1. The Bertz CT molecular complexity index is 620. The Hall–Kier alpha value is -2.11. The van der Waals surface area contributed by atoms with Crippen molar-refractivity contribution < 1.29 is 13.9 Å². The number of nitrogens with zero attached hydrogens (tertiary/aromatic N) is 2. The summed E-state index contributed by atoms with van der Waals surface area (Å²) in [6.07, 6.45) is 1.56. The Morgan fingerprint density at radius 2 is 1.92 bits per heavy atom. The van der Waals surface area contributed by atoms with Crippen LogP contribution in [0.2, 0.25) is 0 Å². The number of hydrogen-bond donors (Lipinski definition) is 1. The molecule has 1 aliphatic heterocycles. The molecular formula is C20H30FN3O2. The van der Waals surface area contributed by atoms with Gasteiger partial charge >= 0.3 is 5.97 Å². The third-order valence-corrected chi connectivity index (χ3v) is 4.94. The molecule has 1 aliphatic rings. The zero-order valence-electron chi connectivity index (χ0n) is 16.2. The molecule has 0 radical (unpaired) electrons. The monoisotopic (exact) mass is 363 g/mol. The van der Waals surface area contributed by atoms with Crippen molar-refractivity contribution in [1.82, 2.24) is 10.2 Å². The lowest BCUT2D eigenvalue weighted by Gasteiger charge is -2.35. The number of hydrogen-bond acceptors (Lipinski definition) is 3. The second-order valence-corrected chi connectivity index (χ2v) is 7.30. The molecule has 0 amide bonds. The summed E-state index contributed by atoms with van der Waals surface area (Å²) in [7, 11) is 1.77. The van der Waals surface area contributed by atoms with Gasteiger partial charge in [-0.05, 0) is 37.5 Å². The Kier molecular flexibility index (Phi) is 7.00. The molecule has 1 aromatic rings. The summed E-state index contributed by atoms with van der Waals surface area (Å²) >= 11 is 0. The fourth-order valence-corrected chi connectivity index (χ4v) is 3.22. The molecule has 0 bridgehead atoms. The van der Waals surface area contributed by atoms with Crippen LogP contribution in [0.4, 0.5) is 4.39 Å². The molecule has 1 N–H and O–H groups in total. The highest BCUT2D eigenvalue weighted by Gasteiger charge is 2.28. The number of likely N-dealkylation sites (tertiary alicyclic amines) is 1. The summed E-state index contributed by atoms with van der Waals surface area (Å²) in [6, 6.07) is 6.63. The van der Waals surface area contributed by atoms with Crippen LogP contribution in [0.5, 0.6) is 0 Å². The largest absolute Gasteiger partial charge is 0.466 e. The molecule has 1 aromatic carbocycles. The summed E-state index contributed by atoms with van der Waals surface area (Å²) in [4.78, 5) is 18.4. The van der Waals surface area contributed by atoms with Crippen molar-refractivity contribution in [1.29, 1.82) is 0 Å². The van der Waals surface area contributed by atoms with E-state index in [0.29, 0.717) is 13.2 Å². The van der Waals surface area contributed by atoms with Crippen molar-refractivity contribution in [2.45, 2.75) is 39.0 Å². The number of nitrogens with one attached hydrogen (secondary N) is 1. The molecule has 1 saturated heterocycles. The molecule has 5 nitrogen and oxygen atoms in total. The Morgan fingerprint density at radius 3 is 2.46 bits per heavy atom. The summed E-state index contributed by atoms with van der Waals surface area (Å²) < 4.78 is 18.3. The van der Waals surface area contributed by atoms with E-state index in [9.17, 15) is 9.18 Å². The van der Waals surface area contributed by atoms with E-state index in [4.69, 9.17) is 4.74 Å². The van der Waals surface area contributed by atoms with E-state index in [1.54, 1.807) is 7.05 Å². The van der Waals surface area contributed by atoms with Gasteiger partial charge in [0.2, 0.25) is 0 Å². The van der Waals surface area contributed by atoms with Gasteiger partial charge < -0.3 is 15.0 Å². The third kappa shape index (κ3) is 5.19. The standard InChI is InChI=1S/C20H30FN3O2/c1-5-26-18(25)15-10-12-24(13-11-15)19(22-4)23-14-20(2,3)16-6-8-17(21)9-7-16/h6-9,15H,5,10-14H2,1-4H3,(H,22,23).